The van der Waals surface area contributed by atoms with Crippen LogP contribution < -0.4 is 0 Å². The van der Waals surface area contributed by atoms with Gasteiger partial charge in [-0.3, -0.25) is 9.59 Å². The van der Waals surface area contributed by atoms with Gasteiger partial charge in [-0.25, -0.2) is 4.79 Å². The van der Waals surface area contributed by atoms with Crippen LogP contribution in [0.1, 0.15) is 406 Å². The zero-order chi connectivity index (χ0) is 71.1. The lowest BCUT2D eigenvalue weighted by molar-refractivity contribution is -0.870. The first kappa shape index (κ1) is 94.5. The van der Waals surface area contributed by atoms with E-state index in [2.05, 4.69) is 98.9 Å². The van der Waals surface area contributed by atoms with Crippen LogP contribution in [-0.4, -0.2) is 87.4 Å². The van der Waals surface area contributed by atoms with Crippen LogP contribution in [0.5, 0.6) is 0 Å². The van der Waals surface area contributed by atoms with Crippen molar-refractivity contribution in [3.05, 3.63) is 85.1 Å². The molecule has 9 nitrogen and oxygen atoms in total. The van der Waals surface area contributed by atoms with Gasteiger partial charge in [-0.15, -0.1) is 0 Å². The number of rotatable bonds is 79. The Morgan fingerprint density at radius 1 is 0.316 bits per heavy atom. The maximum Gasteiger partial charge on any atom is 0.361 e. The van der Waals surface area contributed by atoms with Crippen LogP contribution in [0, 0.1) is 0 Å². The molecule has 2 atom stereocenters. The molecule has 0 saturated heterocycles. The summed E-state index contributed by atoms with van der Waals surface area (Å²) in [5, 5.41) is 9.78. The Morgan fingerprint density at radius 2 is 0.582 bits per heavy atom. The predicted octanol–water partition coefficient (Wildman–Crippen LogP) is 27.3. The molecule has 0 radical (unpaired) electrons. The minimum absolute atomic E-state index is 0.178. The van der Waals surface area contributed by atoms with Crippen LogP contribution in [-0.2, 0) is 33.3 Å². The van der Waals surface area contributed by atoms with Crippen molar-refractivity contribution in [2.45, 2.75) is 418 Å². The maximum atomic E-state index is 13.0. The van der Waals surface area contributed by atoms with Crippen molar-refractivity contribution in [1.29, 1.82) is 0 Å². The second-order valence-corrected chi connectivity index (χ2v) is 29.8. The standard InChI is InChI=1S/C89H161NO8/c1-6-8-10-12-14-16-18-20-22-24-26-28-30-32-34-36-38-40-41-42-43-44-45-46-47-48-50-52-54-56-58-60-62-64-66-68-70-72-74-76-78-80-87(92)98-85(84-97-89(88(93)94)95-82-81-90(3,4)5)83-96-86(91)79-77-75-73-71-69-67-65-63-61-59-57-55-53-51-49-39-37-35-33-31-29-27-25-23-21-19-17-15-13-11-9-7-2/h8,10,14,16,20,22,26,28,32,34,38,40,42-43,85,89H,6-7,9,11-13,15,17-19,21,23-25,27,29-31,33,35-37,39,41,44-84H2,1-5H3/p+1/b10-8-,16-14-,22-20-,28-26-,34-32-,40-38-,43-42-. The molecule has 0 heterocycles. The summed E-state index contributed by atoms with van der Waals surface area (Å²) in [6, 6.07) is 0. The molecule has 0 aromatic carbocycles. The summed E-state index contributed by atoms with van der Waals surface area (Å²) in [7, 11) is 6.00. The highest BCUT2D eigenvalue weighted by molar-refractivity contribution is 5.71. The zero-order valence-corrected chi connectivity index (χ0v) is 65.5. The number of quaternary nitrogens is 1. The third-order valence-electron chi connectivity index (χ3n) is 18.9. The predicted molar refractivity (Wildman–Crippen MR) is 424 cm³/mol. The average Bonchev–Trinajstić information content (AvgIpc) is 1.40. The number of allylic oxidation sites excluding steroid dienone is 14. The molecule has 0 rings (SSSR count). The third kappa shape index (κ3) is 79.8. The largest absolute Gasteiger partial charge is 0.477 e. The number of nitrogens with zero attached hydrogens (tertiary/aromatic N) is 1. The number of aliphatic carboxylic acids is 1. The molecule has 0 aliphatic heterocycles. The third-order valence-corrected chi connectivity index (χ3v) is 18.9. The van der Waals surface area contributed by atoms with Gasteiger partial charge in [0.25, 0.3) is 6.29 Å². The second-order valence-electron chi connectivity index (χ2n) is 29.8. The minimum Gasteiger partial charge on any atom is -0.477 e. The maximum absolute atomic E-state index is 13.0. The molecule has 570 valence electrons. The monoisotopic (exact) mass is 1370 g/mol. The molecule has 2 unspecified atom stereocenters. The molecule has 0 bridgehead atoms. The fourth-order valence-electron chi connectivity index (χ4n) is 12.5. The number of esters is 2. The number of likely N-dealkylation sites (N-methyl/N-ethyl adjacent to an activating group) is 1. The quantitative estimate of drug-likeness (QED) is 0.0211. The molecular formula is C89H162NO8+. The fourth-order valence-corrected chi connectivity index (χ4v) is 12.5. The number of carbonyl (C=O) groups excluding carboxylic acids is 2. The number of hydrogen-bond acceptors (Lipinski definition) is 7. The molecule has 1 N–H and O–H groups in total. The molecular weight excluding hydrogens is 1210 g/mol. The van der Waals surface area contributed by atoms with E-state index in [4.69, 9.17) is 18.9 Å². The van der Waals surface area contributed by atoms with E-state index in [1.165, 1.54) is 295 Å². The number of hydrogen-bond donors (Lipinski definition) is 1. The highest BCUT2D eigenvalue weighted by atomic mass is 16.7. The smallest absolute Gasteiger partial charge is 0.361 e. The van der Waals surface area contributed by atoms with Gasteiger partial charge in [0.1, 0.15) is 13.2 Å². The topological polar surface area (TPSA) is 108 Å². The van der Waals surface area contributed by atoms with Gasteiger partial charge >= 0.3 is 17.9 Å². The number of carbonyl (C=O) groups is 3. The Labute approximate surface area is 608 Å². The summed E-state index contributed by atoms with van der Waals surface area (Å²) in [5.74, 6) is -1.98. The van der Waals surface area contributed by atoms with Crippen molar-refractivity contribution in [2.24, 2.45) is 0 Å². The van der Waals surface area contributed by atoms with Crippen molar-refractivity contribution in [1.82, 2.24) is 0 Å². The first-order valence-electron chi connectivity index (χ1n) is 42.3. The van der Waals surface area contributed by atoms with Crippen molar-refractivity contribution in [2.75, 3.05) is 47.5 Å². The number of carboxylic acid groups (broad SMARTS) is 1. The van der Waals surface area contributed by atoms with E-state index in [0.717, 1.165) is 83.5 Å². The lowest BCUT2D eigenvalue weighted by Crippen LogP contribution is -2.40. The molecule has 0 aliphatic rings. The molecule has 9 heteroatoms. The molecule has 0 amide bonds. The van der Waals surface area contributed by atoms with E-state index in [0.29, 0.717) is 17.4 Å². The Morgan fingerprint density at radius 3 is 0.867 bits per heavy atom. The van der Waals surface area contributed by atoms with Crippen LogP contribution in [0.25, 0.3) is 0 Å². The Bertz CT molecular complexity index is 1890. The highest BCUT2D eigenvalue weighted by Crippen LogP contribution is 2.20. The zero-order valence-electron chi connectivity index (χ0n) is 65.5. The Kier molecular flexibility index (Phi) is 76.3. The Balaban J connectivity index is 3.96. The average molecular weight is 1370 g/mol. The summed E-state index contributed by atoms with van der Waals surface area (Å²) in [5.41, 5.74) is 0. The van der Waals surface area contributed by atoms with E-state index in [-0.39, 0.29) is 38.2 Å². The van der Waals surface area contributed by atoms with Gasteiger partial charge in [0.15, 0.2) is 6.10 Å². The normalized spacial score (nSPS) is 13.0. The van der Waals surface area contributed by atoms with E-state index < -0.39 is 18.4 Å². The molecule has 98 heavy (non-hydrogen) atoms. The van der Waals surface area contributed by atoms with E-state index in [1.807, 2.05) is 21.1 Å². The van der Waals surface area contributed by atoms with Crippen LogP contribution in [0.4, 0.5) is 0 Å². The van der Waals surface area contributed by atoms with Gasteiger partial charge in [-0.2, -0.15) is 0 Å². The van der Waals surface area contributed by atoms with Gasteiger partial charge in [0.05, 0.1) is 34.4 Å². The summed E-state index contributed by atoms with van der Waals surface area (Å²) in [6.07, 6.45) is 106. The van der Waals surface area contributed by atoms with Crippen molar-refractivity contribution < 1.29 is 42.9 Å². The lowest BCUT2D eigenvalue weighted by atomic mass is 10.0. The highest BCUT2D eigenvalue weighted by Gasteiger charge is 2.25. The van der Waals surface area contributed by atoms with Crippen LogP contribution in [0.3, 0.4) is 0 Å². The van der Waals surface area contributed by atoms with Crippen molar-refractivity contribution in [3.63, 3.8) is 0 Å². The van der Waals surface area contributed by atoms with E-state index in [9.17, 15) is 19.5 Å². The van der Waals surface area contributed by atoms with Gasteiger partial charge in [0.2, 0.25) is 0 Å². The first-order valence-corrected chi connectivity index (χ1v) is 42.3. The van der Waals surface area contributed by atoms with Crippen LogP contribution >= 0.6 is 0 Å². The number of carboxylic acids is 1. The van der Waals surface area contributed by atoms with Crippen LogP contribution in [0.15, 0.2) is 85.1 Å². The van der Waals surface area contributed by atoms with Crippen molar-refractivity contribution in [3.8, 4) is 0 Å². The first-order chi connectivity index (χ1) is 48.1. The summed E-state index contributed by atoms with van der Waals surface area (Å²) < 4.78 is 23.1. The number of ether oxygens (including phenoxy) is 4. The molecule has 0 aromatic rings. The second kappa shape index (κ2) is 79.2. The van der Waals surface area contributed by atoms with Gasteiger partial charge in [0, 0.05) is 12.8 Å². The summed E-state index contributed by atoms with van der Waals surface area (Å²) in [6.45, 7) is 4.83. The molecule has 0 spiro atoms. The van der Waals surface area contributed by atoms with Gasteiger partial charge < -0.3 is 28.5 Å². The fraction of sp³-hybridized carbons (Fsp3) is 0.809. The van der Waals surface area contributed by atoms with E-state index >= 15 is 0 Å². The SMILES string of the molecule is CC/C=C\C/C=C\C/C=C\C/C=C\C/C=C\C/C=C\C/C=C\CCCCCCCCCCCCCCCCCCCCCC(=O)OC(COC(=O)CCCCCCCCCCCCCCCCCCCCCCCCCCCCCCCCCC)COC(OCC[N+](C)(C)C)C(=O)O. The van der Waals surface area contributed by atoms with E-state index in [1.54, 1.807) is 0 Å². The summed E-state index contributed by atoms with van der Waals surface area (Å²) in [4.78, 5) is 37.8. The molecule has 0 aromatic heterocycles. The molecule has 0 aliphatic carbocycles. The minimum atomic E-state index is -1.51. The summed E-state index contributed by atoms with van der Waals surface area (Å²) >= 11 is 0. The number of unbranched alkanes of at least 4 members (excludes halogenated alkanes) is 50. The van der Waals surface area contributed by atoms with Gasteiger partial charge in [-0.05, 0) is 70.6 Å². The Hall–Kier alpha value is -3.53. The van der Waals surface area contributed by atoms with Crippen LogP contribution in [0.2, 0.25) is 0 Å². The lowest BCUT2D eigenvalue weighted by Gasteiger charge is -2.25. The van der Waals surface area contributed by atoms with Crippen molar-refractivity contribution >= 4 is 17.9 Å². The molecule has 0 fully saturated rings. The van der Waals surface area contributed by atoms with Gasteiger partial charge in [-0.1, -0.05) is 407 Å². The molecule has 0 saturated carbocycles.